The van der Waals surface area contributed by atoms with Gasteiger partial charge in [0.05, 0.1) is 18.2 Å². The van der Waals surface area contributed by atoms with Crippen LogP contribution in [-0.2, 0) is 16.1 Å². The lowest BCUT2D eigenvalue weighted by molar-refractivity contribution is -0.120. The second kappa shape index (κ2) is 9.53. The third-order valence-corrected chi connectivity index (χ3v) is 5.04. The first kappa shape index (κ1) is 21.5. The van der Waals surface area contributed by atoms with Gasteiger partial charge in [-0.1, -0.05) is 0 Å². The first-order valence-corrected chi connectivity index (χ1v) is 9.71. The van der Waals surface area contributed by atoms with E-state index >= 15 is 0 Å². The van der Waals surface area contributed by atoms with Crippen LogP contribution in [0.25, 0.3) is 0 Å². The summed E-state index contributed by atoms with van der Waals surface area (Å²) in [5, 5.41) is 2.94. The van der Waals surface area contributed by atoms with Gasteiger partial charge in [0.1, 0.15) is 5.69 Å². The predicted octanol–water partition coefficient (Wildman–Crippen LogP) is 2.99. The number of fused-ring (bicyclic) bond motifs is 1. The highest BCUT2D eigenvalue weighted by Gasteiger charge is 2.32. The zero-order valence-corrected chi connectivity index (χ0v) is 16.6. The summed E-state index contributed by atoms with van der Waals surface area (Å²) < 4.78 is 15.9. The summed E-state index contributed by atoms with van der Waals surface area (Å²) in [5.41, 5.74) is 1.88. The molecule has 4 rings (SSSR count). The largest absolute Gasteiger partial charge is 0.462 e. The standard InChI is InChI=1S/C21H23N3O5.FH.H2/c1-2-27-21(26)14-5-7-15(8-6-14)23-20(25)17-4-3-11-24(17)12-16-19-18(9-10-22-16)28-13-29-19;;/h5-10,17H,2-4,11-13H2,1H3,(H,23,25);2*1H/t17-;;/m1../s1. The maximum Gasteiger partial charge on any atom is 0.338 e. The zero-order valence-electron chi connectivity index (χ0n) is 16.6. The number of esters is 1. The van der Waals surface area contributed by atoms with Gasteiger partial charge in [-0.15, -0.1) is 0 Å². The van der Waals surface area contributed by atoms with Crippen LogP contribution in [0, 0.1) is 0 Å². The van der Waals surface area contributed by atoms with E-state index in [2.05, 4.69) is 15.2 Å². The van der Waals surface area contributed by atoms with Crippen molar-refractivity contribution >= 4 is 17.6 Å². The lowest BCUT2D eigenvalue weighted by Crippen LogP contribution is -2.39. The summed E-state index contributed by atoms with van der Waals surface area (Å²) in [6, 6.07) is 8.24. The molecule has 1 N–H and O–H groups in total. The van der Waals surface area contributed by atoms with Crippen molar-refractivity contribution in [3.05, 3.63) is 47.8 Å². The molecule has 0 unspecified atom stereocenters. The molecule has 1 aromatic heterocycles. The van der Waals surface area contributed by atoms with Gasteiger partial charge in [-0.25, -0.2) is 4.79 Å². The molecule has 1 atom stereocenters. The van der Waals surface area contributed by atoms with Crippen LogP contribution in [0.3, 0.4) is 0 Å². The molecule has 9 heteroatoms. The summed E-state index contributed by atoms with van der Waals surface area (Å²) in [5.74, 6) is 0.905. The smallest absolute Gasteiger partial charge is 0.338 e. The lowest BCUT2D eigenvalue weighted by Gasteiger charge is -2.23. The number of hydrogen-bond acceptors (Lipinski definition) is 7. The van der Waals surface area contributed by atoms with E-state index in [-0.39, 0.29) is 30.8 Å². The van der Waals surface area contributed by atoms with Crippen molar-refractivity contribution in [1.82, 2.24) is 9.88 Å². The first-order chi connectivity index (χ1) is 14.2. The number of likely N-dealkylation sites (tertiary alicyclic amines) is 1. The second-order valence-electron chi connectivity index (χ2n) is 6.91. The van der Waals surface area contributed by atoms with E-state index < -0.39 is 0 Å². The van der Waals surface area contributed by atoms with Gasteiger partial charge in [-0.2, -0.15) is 0 Å². The van der Waals surface area contributed by atoms with Crippen molar-refractivity contribution in [2.45, 2.75) is 32.4 Å². The van der Waals surface area contributed by atoms with Crippen molar-refractivity contribution in [1.29, 1.82) is 0 Å². The molecule has 0 aliphatic carbocycles. The monoisotopic (exact) mass is 419 g/mol. The molecule has 0 bridgehead atoms. The molecule has 162 valence electrons. The van der Waals surface area contributed by atoms with Crippen molar-refractivity contribution < 1.29 is 29.9 Å². The minimum absolute atomic E-state index is 0. The molecule has 2 aliphatic heterocycles. The van der Waals surface area contributed by atoms with Gasteiger partial charge in [0.25, 0.3) is 0 Å². The Morgan fingerprint density at radius 2 is 2.07 bits per heavy atom. The normalized spacial score (nSPS) is 17.3. The van der Waals surface area contributed by atoms with E-state index in [0.29, 0.717) is 35.9 Å². The number of benzene rings is 1. The molecular formula is C21H26FN3O5. The van der Waals surface area contributed by atoms with Crippen LogP contribution in [-0.4, -0.2) is 47.7 Å². The van der Waals surface area contributed by atoms with Crippen LogP contribution < -0.4 is 14.8 Å². The van der Waals surface area contributed by atoms with Crippen molar-refractivity contribution in [2.75, 3.05) is 25.3 Å². The molecule has 8 nitrogen and oxygen atoms in total. The first-order valence-electron chi connectivity index (χ1n) is 9.71. The highest BCUT2D eigenvalue weighted by Crippen LogP contribution is 2.35. The number of nitrogens with one attached hydrogen (secondary N) is 1. The Bertz CT molecular complexity index is 912. The average Bonchev–Trinajstić information content (AvgIpc) is 3.38. The van der Waals surface area contributed by atoms with Gasteiger partial charge in [0, 0.05) is 25.9 Å². The summed E-state index contributed by atoms with van der Waals surface area (Å²) >= 11 is 0. The molecule has 1 saturated heterocycles. The highest BCUT2D eigenvalue weighted by molar-refractivity contribution is 5.96. The molecule has 1 fully saturated rings. The van der Waals surface area contributed by atoms with E-state index in [1.54, 1.807) is 43.5 Å². The number of anilines is 1. The number of ether oxygens (including phenoxy) is 3. The van der Waals surface area contributed by atoms with Crippen LogP contribution in [0.15, 0.2) is 36.5 Å². The SMILES string of the molecule is CCOC(=O)c1ccc(NC(=O)[C@H]2CCCN2Cc2nccc3c2OCO3)cc1.F.[HH]. The molecule has 3 heterocycles. The fraction of sp³-hybridized carbons (Fsp3) is 0.381. The molecular weight excluding hydrogens is 393 g/mol. The minimum atomic E-state index is -0.374. The number of amides is 1. The fourth-order valence-electron chi connectivity index (χ4n) is 3.64. The van der Waals surface area contributed by atoms with Crippen LogP contribution >= 0.6 is 0 Å². The summed E-state index contributed by atoms with van der Waals surface area (Å²) in [6.45, 7) is 3.61. The number of aromatic nitrogens is 1. The summed E-state index contributed by atoms with van der Waals surface area (Å²) in [4.78, 5) is 31.1. The summed E-state index contributed by atoms with van der Waals surface area (Å²) in [6.07, 6.45) is 3.41. The molecule has 2 aromatic rings. The molecule has 0 radical (unpaired) electrons. The topological polar surface area (TPSA) is 90.0 Å². The highest BCUT2D eigenvalue weighted by atomic mass is 19.0. The zero-order chi connectivity index (χ0) is 20.2. The minimum Gasteiger partial charge on any atom is -0.462 e. The van der Waals surface area contributed by atoms with Gasteiger partial charge in [-0.3, -0.25) is 19.4 Å². The van der Waals surface area contributed by atoms with Crippen molar-refractivity contribution in [3.8, 4) is 11.5 Å². The van der Waals surface area contributed by atoms with Crippen LogP contribution in [0.2, 0.25) is 0 Å². The third kappa shape index (κ3) is 4.51. The Morgan fingerprint density at radius 3 is 2.83 bits per heavy atom. The molecule has 0 saturated carbocycles. The maximum absolute atomic E-state index is 12.8. The molecule has 1 aromatic carbocycles. The van der Waals surface area contributed by atoms with Gasteiger partial charge >= 0.3 is 5.97 Å². The van der Waals surface area contributed by atoms with E-state index in [9.17, 15) is 9.59 Å². The van der Waals surface area contributed by atoms with Crippen molar-refractivity contribution in [2.24, 2.45) is 0 Å². The Morgan fingerprint density at radius 1 is 1.27 bits per heavy atom. The summed E-state index contributed by atoms with van der Waals surface area (Å²) in [7, 11) is 0. The Kier molecular flexibility index (Phi) is 6.83. The maximum atomic E-state index is 12.8. The Balaban J connectivity index is 0.00000171. The van der Waals surface area contributed by atoms with Gasteiger partial charge in [-0.05, 0) is 50.6 Å². The van der Waals surface area contributed by atoms with Crippen molar-refractivity contribution in [3.63, 3.8) is 0 Å². The molecule has 0 spiro atoms. The van der Waals surface area contributed by atoms with Gasteiger partial charge in [0.2, 0.25) is 12.7 Å². The van der Waals surface area contributed by atoms with E-state index in [1.165, 1.54) is 0 Å². The number of carbonyl (C=O) groups excluding carboxylic acids is 2. The number of halogens is 1. The van der Waals surface area contributed by atoms with E-state index in [4.69, 9.17) is 14.2 Å². The molecule has 30 heavy (non-hydrogen) atoms. The fourth-order valence-corrected chi connectivity index (χ4v) is 3.64. The Hall–Kier alpha value is -3.20. The second-order valence-corrected chi connectivity index (χ2v) is 6.91. The lowest BCUT2D eigenvalue weighted by atomic mass is 10.1. The molecule has 1 amide bonds. The van der Waals surface area contributed by atoms with Gasteiger partial charge < -0.3 is 19.5 Å². The number of nitrogens with zero attached hydrogens (tertiary/aromatic N) is 2. The van der Waals surface area contributed by atoms with Crippen LogP contribution in [0.4, 0.5) is 10.4 Å². The Labute approximate surface area is 175 Å². The van der Waals surface area contributed by atoms with Gasteiger partial charge in [0.15, 0.2) is 11.5 Å². The number of hydrogen-bond donors (Lipinski definition) is 1. The number of pyridine rings is 1. The van der Waals surface area contributed by atoms with Crippen LogP contribution in [0.1, 0.15) is 37.2 Å². The predicted molar refractivity (Wildman–Crippen MR) is 109 cm³/mol. The number of carbonyl (C=O) groups is 2. The third-order valence-electron chi connectivity index (χ3n) is 5.04. The van der Waals surface area contributed by atoms with E-state index in [1.807, 2.05) is 0 Å². The van der Waals surface area contributed by atoms with Crippen LogP contribution in [0.5, 0.6) is 11.5 Å². The average molecular weight is 419 g/mol. The molecule has 2 aliphatic rings. The van der Waals surface area contributed by atoms with E-state index in [0.717, 1.165) is 25.1 Å². The number of rotatable bonds is 6. The quantitative estimate of drug-likeness (QED) is 0.720.